The molecule has 0 saturated carbocycles. The molecule has 0 aliphatic heterocycles. The van der Waals surface area contributed by atoms with Crippen LogP contribution in [0.5, 0.6) is 5.75 Å². The van der Waals surface area contributed by atoms with Crippen LogP contribution >= 0.6 is 0 Å². The summed E-state index contributed by atoms with van der Waals surface area (Å²) in [7, 11) is 0. The fraction of sp³-hybridized carbons (Fsp3) is 0.143. The molecule has 1 aromatic heterocycles. The molecule has 6 heteroatoms. The molecule has 0 spiro atoms. The van der Waals surface area contributed by atoms with E-state index in [4.69, 9.17) is 4.74 Å². The molecule has 4 rings (SSSR count). The van der Waals surface area contributed by atoms with E-state index in [-0.39, 0.29) is 24.2 Å². The van der Waals surface area contributed by atoms with Crippen molar-refractivity contribution in [2.24, 2.45) is 0 Å². The number of aromatic nitrogens is 2. The Morgan fingerprint density at radius 1 is 1.07 bits per heavy atom. The van der Waals surface area contributed by atoms with Gasteiger partial charge >= 0.3 is 0 Å². The predicted octanol–water partition coefficient (Wildman–Crippen LogP) is 3.13. The molecule has 0 aliphatic carbocycles. The SMILES string of the molecule is O=c1c2ccc(F)cc2ncn1CC(O)COc1ccc2ccccc2c1. The van der Waals surface area contributed by atoms with Crippen LogP contribution in [-0.4, -0.2) is 27.4 Å². The summed E-state index contributed by atoms with van der Waals surface area (Å²) in [4.78, 5) is 16.5. The number of aliphatic hydroxyl groups excluding tert-OH is 1. The number of benzene rings is 3. The number of hydrogen-bond acceptors (Lipinski definition) is 4. The molecule has 1 N–H and O–H groups in total. The Kier molecular flexibility index (Phi) is 4.56. The van der Waals surface area contributed by atoms with E-state index in [1.807, 2.05) is 42.5 Å². The zero-order valence-corrected chi connectivity index (χ0v) is 14.4. The number of nitrogens with zero attached hydrogens (tertiary/aromatic N) is 2. The van der Waals surface area contributed by atoms with Crippen molar-refractivity contribution in [1.29, 1.82) is 0 Å². The van der Waals surface area contributed by atoms with Gasteiger partial charge in [-0.15, -0.1) is 0 Å². The average molecular weight is 364 g/mol. The highest BCUT2D eigenvalue weighted by atomic mass is 19.1. The van der Waals surface area contributed by atoms with Crippen molar-refractivity contribution in [1.82, 2.24) is 9.55 Å². The fourth-order valence-electron chi connectivity index (χ4n) is 2.99. The molecule has 5 nitrogen and oxygen atoms in total. The molecular formula is C21H17FN2O3. The molecule has 1 atom stereocenters. The fourth-order valence-corrected chi connectivity index (χ4v) is 2.99. The molecule has 136 valence electrons. The van der Waals surface area contributed by atoms with Crippen LogP contribution in [0.3, 0.4) is 0 Å². The third-order valence-electron chi connectivity index (χ3n) is 4.36. The first kappa shape index (κ1) is 17.2. The van der Waals surface area contributed by atoms with Crippen LogP contribution in [0.15, 0.2) is 71.8 Å². The van der Waals surface area contributed by atoms with E-state index < -0.39 is 11.9 Å². The third kappa shape index (κ3) is 3.66. The highest BCUT2D eigenvalue weighted by molar-refractivity contribution is 5.83. The van der Waals surface area contributed by atoms with Crippen LogP contribution < -0.4 is 10.3 Å². The van der Waals surface area contributed by atoms with Crippen molar-refractivity contribution in [3.05, 3.63) is 83.2 Å². The lowest BCUT2D eigenvalue weighted by molar-refractivity contribution is 0.0915. The van der Waals surface area contributed by atoms with Gasteiger partial charge in [0.2, 0.25) is 0 Å². The number of fused-ring (bicyclic) bond motifs is 2. The standard InChI is InChI=1S/C21H17FN2O3/c22-16-6-8-19-20(10-16)23-13-24(21(19)26)11-17(25)12-27-18-7-5-14-3-1-2-4-15(14)9-18/h1-10,13,17,25H,11-12H2. The van der Waals surface area contributed by atoms with E-state index in [0.29, 0.717) is 11.1 Å². The highest BCUT2D eigenvalue weighted by Crippen LogP contribution is 2.20. The summed E-state index contributed by atoms with van der Waals surface area (Å²) in [5, 5.41) is 12.7. The van der Waals surface area contributed by atoms with Gasteiger partial charge in [0.25, 0.3) is 5.56 Å². The summed E-state index contributed by atoms with van der Waals surface area (Å²) >= 11 is 0. The first-order chi connectivity index (χ1) is 13.1. The third-order valence-corrected chi connectivity index (χ3v) is 4.36. The van der Waals surface area contributed by atoms with Gasteiger partial charge in [-0.1, -0.05) is 30.3 Å². The smallest absolute Gasteiger partial charge is 0.261 e. The zero-order valence-electron chi connectivity index (χ0n) is 14.4. The lowest BCUT2D eigenvalue weighted by Gasteiger charge is -2.14. The topological polar surface area (TPSA) is 64.4 Å². The first-order valence-corrected chi connectivity index (χ1v) is 8.54. The minimum atomic E-state index is -0.895. The Hall–Kier alpha value is -3.25. The van der Waals surface area contributed by atoms with Gasteiger partial charge in [0.15, 0.2) is 0 Å². The van der Waals surface area contributed by atoms with Crippen molar-refractivity contribution in [3.8, 4) is 5.75 Å². The average Bonchev–Trinajstić information content (AvgIpc) is 2.68. The second-order valence-electron chi connectivity index (χ2n) is 6.34. The van der Waals surface area contributed by atoms with Crippen LogP contribution in [0.1, 0.15) is 0 Å². The molecule has 27 heavy (non-hydrogen) atoms. The van der Waals surface area contributed by atoms with Crippen molar-refractivity contribution in [2.75, 3.05) is 6.61 Å². The number of ether oxygens (including phenoxy) is 1. The summed E-state index contributed by atoms with van der Waals surface area (Å²) in [5.41, 5.74) is -0.0390. The molecule has 3 aromatic carbocycles. The summed E-state index contributed by atoms with van der Waals surface area (Å²) in [6.45, 7) is 0.0684. The molecule has 0 radical (unpaired) electrons. The van der Waals surface area contributed by atoms with Crippen molar-refractivity contribution in [3.63, 3.8) is 0 Å². The van der Waals surface area contributed by atoms with Gasteiger partial charge in [0, 0.05) is 6.07 Å². The van der Waals surface area contributed by atoms with E-state index in [2.05, 4.69) is 4.98 Å². The summed E-state index contributed by atoms with van der Waals surface area (Å²) < 4.78 is 20.2. The monoisotopic (exact) mass is 364 g/mol. The highest BCUT2D eigenvalue weighted by Gasteiger charge is 2.11. The lowest BCUT2D eigenvalue weighted by Crippen LogP contribution is -2.30. The van der Waals surface area contributed by atoms with Crippen LogP contribution in [-0.2, 0) is 6.54 Å². The van der Waals surface area contributed by atoms with E-state index in [0.717, 1.165) is 10.8 Å². The predicted molar refractivity (Wildman–Crippen MR) is 101 cm³/mol. The van der Waals surface area contributed by atoms with E-state index in [1.54, 1.807) is 0 Å². The molecule has 0 aliphatic rings. The summed E-state index contributed by atoms with van der Waals surface area (Å²) in [5.74, 6) is 0.197. The van der Waals surface area contributed by atoms with Crippen molar-refractivity contribution < 1.29 is 14.2 Å². The van der Waals surface area contributed by atoms with Gasteiger partial charge in [0.05, 0.1) is 23.8 Å². The van der Waals surface area contributed by atoms with E-state index in [1.165, 1.54) is 29.1 Å². The van der Waals surface area contributed by atoms with Gasteiger partial charge in [-0.05, 0) is 35.0 Å². The maximum Gasteiger partial charge on any atom is 0.261 e. The van der Waals surface area contributed by atoms with E-state index >= 15 is 0 Å². The normalized spacial score (nSPS) is 12.4. The van der Waals surface area contributed by atoms with Gasteiger partial charge in [0.1, 0.15) is 24.3 Å². The zero-order chi connectivity index (χ0) is 18.8. The van der Waals surface area contributed by atoms with Crippen LogP contribution in [0, 0.1) is 5.82 Å². The van der Waals surface area contributed by atoms with Crippen LogP contribution in [0.25, 0.3) is 21.7 Å². The lowest BCUT2D eigenvalue weighted by atomic mass is 10.1. The molecular weight excluding hydrogens is 347 g/mol. The van der Waals surface area contributed by atoms with Gasteiger partial charge in [-0.25, -0.2) is 9.37 Å². The second-order valence-corrected chi connectivity index (χ2v) is 6.34. The van der Waals surface area contributed by atoms with Gasteiger partial charge in [-0.2, -0.15) is 0 Å². The Morgan fingerprint density at radius 3 is 2.74 bits per heavy atom. The Labute approximate surface area is 154 Å². The van der Waals surface area contributed by atoms with E-state index in [9.17, 15) is 14.3 Å². The maximum absolute atomic E-state index is 13.2. The largest absolute Gasteiger partial charge is 0.491 e. The van der Waals surface area contributed by atoms with Gasteiger partial charge in [-0.3, -0.25) is 9.36 Å². The Bertz CT molecular complexity index is 1170. The number of halogens is 1. The minimum Gasteiger partial charge on any atom is -0.491 e. The molecule has 0 fully saturated rings. The molecule has 1 unspecified atom stereocenters. The van der Waals surface area contributed by atoms with Crippen LogP contribution in [0.2, 0.25) is 0 Å². The summed E-state index contributed by atoms with van der Waals surface area (Å²) in [6, 6.07) is 17.4. The quantitative estimate of drug-likeness (QED) is 0.591. The van der Waals surface area contributed by atoms with Crippen LogP contribution in [0.4, 0.5) is 4.39 Å². The minimum absolute atomic E-state index is 0.0340. The number of aliphatic hydroxyl groups is 1. The van der Waals surface area contributed by atoms with Crippen molar-refractivity contribution in [2.45, 2.75) is 12.6 Å². The molecule has 0 saturated heterocycles. The molecule has 1 heterocycles. The second kappa shape index (κ2) is 7.17. The Balaban J connectivity index is 1.46. The first-order valence-electron chi connectivity index (χ1n) is 8.54. The number of rotatable bonds is 5. The maximum atomic E-state index is 13.2. The number of hydrogen-bond donors (Lipinski definition) is 1. The van der Waals surface area contributed by atoms with Crippen molar-refractivity contribution >= 4 is 21.7 Å². The Morgan fingerprint density at radius 2 is 1.89 bits per heavy atom. The summed E-state index contributed by atoms with van der Waals surface area (Å²) in [6.07, 6.45) is 0.414. The molecule has 4 aromatic rings. The molecule has 0 amide bonds. The van der Waals surface area contributed by atoms with Gasteiger partial charge < -0.3 is 9.84 Å². The molecule has 0 bridgehead atoms.